The van der Waals surface area contributed by atoms with E-state index in [1.807, 2.05) is 43.3 Å². The first-order valence-corrected chi connectivity index (χ1v) is 11.5. The number of carbonyl (C=O) groups excluding carboxylic acids is 2. The standard InChI is InChI=1S/C27H27N3O5/c1-2-17(14-25(31)32)15-28-26(33)23-12-7-13-24(29-23)30-27(34)35-16-22-20-10-5-3-8-18(20)19-9-4-6-11-21(19)22/h3-13,17,22H,2,14-16H2,1H3,(H,28,33)(H,31,32)(H,29,30,34). The molecule has 1 heterocycles. The molecule has 35 heavy (non-hydrogen) atoms. The number of nitrogens with zero attached hydrogens (tertiary/aromatic N) is 1. The molecule has 0 fully saturated rings. The van der Waals surface area contributed by atoms with Gasteiger partial charge in [-0.1, -0.05) is 67.9 Å². The molecular weight excluding hydrogens is 446 g/mol. The molecule has 2 amide bonds. The van der Waals surface area contributed by atoms with Crippen LogP contribution in [0.3, 0.4) is 0 Å². The van der Waals surface area contributed by atoms with Gasteiger partial charge in [-0.15, -0.1) is 0 Å². The highest BCUT2D eigenvalue weighted by molar-refractivity contribution is 5.93. The van der Waals surface area contributed by atoms with Gasteiger partial charge in [0, 0.05) is 18.9 Å². The second-order valence-electron chi connectivity index (χ2n) is 8.44. The summed E-state index contributed by atoms with van der Waals surface area (Å²) >= 11 is 0. The summed E-state index contributed by atoms with van der Waals surface area (Å²) in [4.78, 5) is 40.1. The Morgan fingerprint density at radius 2 is 1.63 bits per heavy atom. The summed E-state index contributed by atoms with van der Waals surface area (Å²) in [5.74, 6) is -1.38. The lowest BCUT2D eigenvalue weighted by Gasteiger charge is -2.15. The van der Waals surface area contributed by atoms with Gasteiger partial charge in [-0.3, -0.25) is 14.9 Å². The van der Waals surface area contributed by atoms with Gasteiger partial charge in [-0.05, 0) is 40.3 Å². The molecule has 0 radical (unpaired) electrons. The number of benzene rings is 2. The van der Waals surface area contributed by atoms with Crippen molar-refractivity contribution in [2.75, 3.05) is 18.5 Å². The summed E-state index contributed by atoms with van der Waals surface area (Å²) < 4.78 is 5.53. The van der Waals surface area contributed by atoms with Gasteiger partial charge < -0.3 is 15.2 Å². The minimum absolute atomic E-state index is 0.0202. The van der Waals surface area contributed by atoms with Crippen LogP contribution < -0.4 is 10.6 Å². The van der Waals surface area contributed by atoms with E-state index in [0.717, 1.165) is 22.3 Å². The normalized spacial score (nSPS) is 12.8. The molecule has 0 saturated heterocycles. The first-order valence-electron chi connectivity index (χ1n) is 11.5. The summed E-state index contributed by atoms with van der Waals surface area (Å²) in [6.45, 7) is 2.27. The van der Waals surface area contributed by atoms with Crippen molar-refractivity contribution in [2.24, 2.45) is 5.92 Å². The van der Waals surface area contributed by atoms with Gasteiger partial charge in [-0.25, -0.2) is 9.78 Å². The zero-order chi connectivity index (χ0) is 24.8. The van der Waals surface area contributed by atoms with Crippen LogP contribution in [0.25, 0.3) is 11.1 Å². The number of aliphatic carboxylic acids is 1. The van der Waals surface area contributed by atoms with E-state index in [9.17, 15) is 14.4 Å². The summed E-state index contributed by atoms with van der Waals surface area (Å²) in [7, 11) is 0. The molecule has 4 rings (SSSR count). The van der Waals surface area contributed by atoms with Crippen molar-refractivity contribution in [1.29, 1.82) is 0 Å². The zero-order valence-electron chi connectivity index (χ0n) is 19.4. The molecule has 3 N–H and O–H groups in total. The number of rotatable bonds is 9. The van der Waals surface area contributed by atoms with Gasteiger partial charge in [-0.2, -0.15) is 0 Å². The summed E-state index contributed by atoms with van der Waals surface area (Å²) in [5.41, 5.74) is 4.64. The number of pyridine rings is 1. The third kappa shape index (κ3) is 5.66. The topological polar surface area (TPSA) is 118 Å². The smallest absolute Gasteiger partial charge is 0.412 e. The molecule has 0 aliphatic heterocycles. The van der Waals surface area contributed by atoms with Crippen LogP contribution >= 0.6 is 0 Å². The highest BCUT2D eigenvalue weighted by Crippen LogP contribution is 2.44. The van der Waals surface area contributed by atoms with Gasteiger partial charge in [0.2, 0.25) is 0 Å². The van der Waals surface area contributed by atoms with Gasteiger partial charge in [0.05, 0.1) is 0 Å². The molecule has 8 nitrogen and oxygen atoms in total. The third-order valence-corrected chi connectivity index (χ3v) is 6.15. The van der Waals surface area contributed by atoms with Crippen molar-refractivity contribution in [3.63, 3.8) is 0 Å². The fraction of sp³-hybridized carbons (Fsp3) is 0.259. The first kappa shape index (κ1) is 23.9. The van der Waals surface area contributed by atoms with E-state index in [-0.39, 0.29) is 42.9 Å². The second-order valence-corrected chi connectivity index (χ2v) is 8.44. The molecule has 0 spiro atoms. The number of aromatic nitrogens is 1. The van der Waals surface area contributed by atoms with E-state index in [2.05, 4.69) is 27.8 Å². The Balaban J connectivity index is 1.35. The number of amides is 2. The Morgan fingerprint density at radius 3 is 2.26 bits per heavy atom. The van der Waals surface area contributed by atoms with Crippen molar-refractivity contribution in [3.8, 4) is 11.1 Å². The van der Waals surface area contributed by atoms with Crippen molar-refractivity contribution in [3.05, 3.63) is 83.6 Å². The van der Waals surface area contributed by atoms with Crippen LogP contribution in [0.1, 0.15) is 47.3 Å². The van der Waals surface area contributed by atoms with E-state index in [0.29, 0.717) is 6.42 Å². The fourth-order valence-electron chi connectivity index (χ4n) is 4.31. The van der Waals surface area contributed by atoms with Crippen LogP contribution in [0.2, 0.25) is 0 Å². The predicted molar refractivity (Wildman–Crippen MR) is 131 cm³/mol. The Morgan fingerprint density at radius 1 is 0.971 bits per heavy atom. The number of carbonyl (C=O) groups is 3. The lowest BCUT2D eigenvalue weighted by Crippen LogP contribution is -2.31. The Bertz CT molecular complexity index is 1200. The number of hydrogen-bond acceptors (Lipinski definition) is 5. The van der Waals surface area contributed by atoms with Crippen LogP contribution in [0, 0.1) is 5.92 Å². The lowest BCUT2D eigenvalue weighted by atomic mass is 9.98. The maximum atomic E-state index is 12.5. The Kier molecular flexibility index (Phi) is 7.40. The van der Waals surface area contributed by atoms with Crippen LogP contribution in [0.5, 0.6) is 0 Å². The quantitative estimate of drug-likeness (QED) is 0.416. The maximum absolute atomic E-state index is 12.5. The second kappa shape index (κ2) is 10.8. The fourth-order valence-corrected chi connectivity index (χ4v) is 4.31. The third-order valence-electron chi connectivity index (χ3n) is 6.15. The Labute approximate surface area is 203 Å². The number of carboxylic acids is 1. The van der Waals surface area contributed by atoms with E-state index >= 15 is 0 Å². The molecule has 0 bridgehead atoms. The van der Waals surface area contributed by atoms with Crippen LogP contribution in [0.4, 0.5) is 10.6 Å². The van der Waals surface area contributed by atoms with E-state index in [4.69, 9.17) is 9.84 Å². The number of anilines is 1. The lowest BCUT2D eigenvalue weighted by molar-refractivity contribution is -0.138. The van der Waals surface area contributed by atoms with E-state index in [1.54, 1.807) is 12.1 Å². The molecular formula is C27H27N3O5. The molecule has 0 saturated carbocycles. The van der Waals surface area contributed by atoms with Crippen molar-refractivity contribution in [2.45, 2.75) is 25.7 Å². The molecule has 8 heteroatoms. The number of ether oxygens (including phenoxy) is 1. The van der Waals surface area contributed by atoms with Gasteiger partial charge >= 0.3 is 12.1 Å². The number of nitrogens with one attached hydrogen (secondary N) is 2. The average molecular weight is 474 g/mol. The van der Waals surface area contributed by atoms with Crippen molar-refractivity contribution >= 4 is 23.8 Å². The molecule has 1 aliphatic carbocycles. The minimum atomic E-state index is -0.904. The zero-order valence-corrected chi connectivity index (χ0v) is 19.4. The first-order chi connectivity index (χ1) is 17.0. The number of carboxylic acid groups (broad SMARTS) is 1. The van der Waals surface area contributed by atoms with Crippen LogP contribution in [-0.2, 0) is 9.53 Å². The van der Waals surface area contributed by atoms with Gasteiger partial charge in [0.25, 0.3) is 5.91 Å². The number of fused-ring (bicyclic) bond motifs is 3. The van der Waals surface area contributed by atoms with Gasteiger partial charge in [0.15, 0.2) is 0 Å². The van der Waals surface area contributed by atoms with E-state index in [1.165, 1.54) is 6.07 Å². The highest BCUT2D eigenvalue weighted by atomic mass is 16.5. The van der Waals surface area contributed by atoms with Crippen LogP contribution in [0.15, 0.2) is 66.7 Å². The summed E-state index contributed by atoms with van der Waals surface area (Å²) in [6, 6.07) is 20.9. The maximum Gasteiger partial charge on any atom is 0.412 e. The summed E-state index contributed by atoms with van der Waals surface area (Å²) in [6.07, 6.45) is -0.0545. The summed E-state index contributed by atoms with van der Waals surface area (Å²) in [5, 5.41) is 14.2. The SMILES string of the molecule is CCC(CNC(=O)c1cccc(NC(=O)OCC2c3ccccc3-c3ccccc32)n1)CC(=O)O. The molecule has 1 unspecified atom stereocenters. The van der Waals surface area contributed by atoms with Crippen molar-refractivity contribution in [1.82, 2.24) is 10.3 Å². The largest absolute Gasteiger partial charge is 0.481 e. The molecule has 3 aromatic rings. The van der Waals surface area contributed by atoms with E-state index < -0.39 is 18.0 Å². The highest BCUT2D eigenvalue weighted by Gasteiger charge is 2.29. The minimum Gasteiger partial charge on any atom is -0.481 e. The number of hydrogen-bond donors (Lipinski definition) is 3. The molecule has 2 aromatic carbocycles. The molecule has 1 aliphatic rings. The molecule has 1 aromatic heterocycles. The predicted octanol–water partition coefficient (Wildman–Crippen LogP) is 4.67. The van der Waals surface area contributed by atoms with Crippen LogP contribution in [-0.4, -0.2) is 41.2 Å². The molecule has 1 atom stereocenters. The van der Waals surface area contributed by atoms with Gasteiger partial charge in [0.1, 0.15) is 18.1 Å². The monoisotopic (exact) mass is 473 g/mol. The average Bonchev–Trinajstić information content (AvgIpc) is 3.18. The van der Waals surface area contributed by atoms with Crippen molar-refractivity contribution < 1.29 is 24.2 Å². The Hall–Kier alpha value is -4.20. The molecule has 180 valence electrons.